The molecule has 1 saturated carbocycles. The van der Waals surface area contributed by atoms with Gasteiger partial charge in [-0.15, -0.1) is 0 Å². The summed E-state index contributed by atoms with van der Waals surface area (Å²) < 4.78 is 0. The molecule has 0 aromatic heterocycles. The largest absolute Gasteiger partial charge is 0.307 e. The summed E-state index contributed by atoms with van der Waals surface area (Å²) >= 11 is 0. The number of rotatable bonds is 3. The smallest absolute Gasteiger partial charge is 0.172 e. The molecule has 68 valence electrons. The van der Waals surface area contributed by atoms with Crippen molar-refractivity contribution in [2.75, 3.05) is 0 Å². The molecule has 0 unspecified atom stereocenters. The summed E-state index contributed by atoms with van der Waals surface area (Å²) in [6, 6.07) is 0.495. The predicted octanol–water partition coefficient (Wildman–Crippen LogP) is 1.48. The Kier molecular flexibility index (Phi) is 3.77. The van der Waals surface area contributed by atoms with Gasteiger partial charge in [0.25, 0.3) is 0 Å². The van der Waals surface area contributed by atoms with Gasteiger partial charge >= 0.3 is 0 Å². The van der Waals surface area contributed by atoms with Crippen LogP contribution >= 0.6 is 0 Å². The number of hydrazone groups is 1. The van der Waals surface area contributed by atoms with Crippen molar-refractivity contribution in [3.63, 3.8) is 0 Å². The van der Waals surface area contributed by atoms with Gasteiger partial charge in [-0.3, -0.25) is 4.79 Å². The first-order valence-corrected chi connectivity index (χ1v) is 4.58. The van der Waals surface area contributed by atoms with Gasteiger partial charge in [0.05, 0.1) is 6.21 Å². The van der Waals surface area contributed by atoms with E-state index in [0.717, 1.165) is 0 Å². The molecule has 0 spiro atoms. The lowest BCUT2D eigenvalue weighted by Crippen LogP contribution is -2.27. The van der Waals surface area contributed by atoms with Gasteiger partial charge < -0.3 is 5.43 Å². The molecule has 0 aromatic rings. The number of Topliss-reactive ketones (excluding diaryl/α,β-unsaturated/α-hetero) is 1. The fourth-order valence-electron chi connectivity index (χ4n) is 1.47. The van der Waals surface area contributed by atoms with E-state index in [2.05, 4.69) is 10.5 Å². The van der Waals surface area contributed by atoms with E-state index < -0.39 is 0 Å². The first-order valence-electron chi connectivity index (χ1n) is 4.58. The molecule has 1 rings (SSSR count). The van der Waals surface area contributed by atoms with Gasteiger partial charge in [-0.05, 0) is 12.8 Å². The van der Waals surface area contributed by atoms with Crippen LogP contribution in [0.2, 0.25) is 0 Å². The molecule has 3 heteroatoms. The second kappa shape index (κ2) is 4.91. The average molecular weight is 168 g/mol. The van der Waals surface area contributed by atoms with E-state index in [9.17, 15) is 4.79 Å². The molecule has 0 saturated heterocycles. The van der Waals surface area contributed by atoms with Crippen LogP contribution in [-0.4, -0.2) is 18.0 Å². The van der Waals surface area contributed by atoms with E-state index in [1.165, 1.54) is 45.2 Å². The molecule has 0 radical (unpaired) electrons. The minimum Gasteiger partial charge on any atom is -0.307 e. The summed E-state index contributed by atoms with van der Waals surface area (Å²) in [5.74, 6) is -0.00157. The molecule has 1 fully saturated rings. The molecule has 12 heavy (non-hydrogen) atoms. The van der Waals surface area contributed by atoms with Crippen LogP contribution in [0, 0.1) is 0 Å². The van der Waals surface area contributed by atoms with Crippen LogP contribution in [0.1, 0.15) is 39.0 Å². The molecule has 0 atom stereocenters. The van der Waals surface area contributed by atoms with Crippen molar-refractivity contribution in [3.05, 3.63) is 0 Å². The van der Waals surface area contributed by atoms with E-state index in [1.807, 2.05) is 0 Å². The zero-order valence-corrected chi connectivity index (χ0v) is 7.55. The normalized spacial score (nSPS) is 19.8. The van der Waals surface area contributed by atoms with Crippen LogP contribution < -0.4 is 5.43 Å². The van der Waals surface area contributed by atoms with Gasteiger partial charge in [-0.25, -0.2) is 0 Å². The van der Waals surface area contributed by atoms with Gasteiger partial charge in [0.15, 0.2) is 5.78 Å². The molecule has 3 nitrogen and oxygen atoms in total. The fourth-order valence-corrected chi connectivity index (χ4v) is 1.47. The summed E-state index contributed by atoms with van der Waals surface area (Å²) in [5.41, 5.74) is 3.00. The molecule has 0 amide bonds. The topological polar surface area (TPSA) is 41.5 Å². The van der Waals surface area contributed by atoms with E-state index in [4.69, 9.17) is 0 Å². The van der Waals surface area contributed by atoms with Gasteiger partial charge in [-0.2, -0.15) is 5.10 Å². The van der Waals surface area contributed by atoms with E-state index >= 15 is 0 Å². The SMILES string of the molecule is CC(=O)C=NNC1CCCCC1. The number of carbonyl (C=O) groups is 1. The van der Waals surface area contributed by atoms with Gasteiger partial charge in [0, 0.05) is 13.0 Å². The highest BCUT2D eigenvalue weighted by Gasteiger charge is 2.11. The second-order valence-corrected chi connectivity index (χ2v) is 3.33. The molecule has 1 aliphatic rings. The number of nitrogens with zero attached hydrogens (tertiary/aromatic N) is 1. The Morgan fingerprint density at radius 1 is 1.42 bits per heavy atom. The van der Waals surface area contributed by atoms with Gasteiger partial charge in [-0.1, -0.05) is 19.3 Å². The number of hydrogen-bond donors (Lipinski definition) is 1. The zero-order valence-electron chi connectivity index (χ0n) is 7.55. The molecular weight excluding hydrogens is 152 g/mol. The Labute approximate surface area is 73.2 Å². The van der Waals surface area contributed by atoms with Crippen molar-refractivity contribution in [2.24, 2.45) is 5.10 Å². The summed E-state index contributed by atoms with van der Waals surface area (Å²) in [5, 5.41) is 3.87. The van der Waals surface area contributed by atoms with Crippen molar-refractivity contribution in [1.82, 2.24) is 5.43 Å². The minimum atomic E-state index is -0.00157. The Morgan fingerprint density at radius 2 is 2.08 bits per heavy atom. The quantitative estimate of drug-likeness (QED) is 0.512. The molecule has 0 aromatic carbocycles. The van der Waals surface area contributed by atoms with Crippen LogP contribution in [0.15, 0.2) is 5.10 Å². The van der Waals surface area contributed by atoms with Crippen molar-refractivity contribution < 1.29 is 4.79 Å². The molecule has 0 bridgehead atoms. The number of carbonyl (C=O) groups excluding carboxylic acids is 1. The lowest BCUT2D eigenvalue weighted by Gasteiger charge is -2.20. The third kappa shape index (κ3) is 3.51. The molecule has 0 heterocycles. The lowest BCUT2D eigenvalue weighted by atomic mass is 9.96. The summed E-state index contributed by atoms with van der Waals surface area (Å²) in [4.78, 5) is 10.5. The highest BCUT2D eigenvalue weighted by atomic mass is 16.1. The molecule has 1 aliphatic carbocycles. The third-order valence-corrected chi connectivity index (χ3v) is 2.11. The maximum atomic E-state index is 10.5. The Hall–Kier alpha value is -0.860. The van der Waals surface area contributed by atoms with Crippen molar-refractivity contribution in [3.8, 4) is 0 Å². The molecular formula is C9H16N2O. The van der Waals surface area contributed by atoms with Crippen LogP contribution in [0.4, 0.5) is 0 Å². The highest BCUT2D eigenvalue weighted by molar-refractivity contribution is 6.26. The highest BCUT2D eigenvalue weighted by Crippen LogP contribution is 2.16. The Balaban J connectivity index is 2.17. The minimum absolute atomic E-state index is 0.00157. The van der Waals surface area contributed by atoms with Crippen LogP contribution in [0.3, 0.4) is 0 Å². The number of ketones is 1. The summed E-state index contributed by atoms with van der Waals surface area (Å²) in [6.45, 7) is 1.51. The van der Waals surface area contributed by atoms with Crippen molar-refractivity contribution >= 4 is 12.0 Å². The Bertz CT molecular complexity index is 171. The summed E-state index contributed by atoms with van der Waals surface area (Å²) in [6.07, 6.45) is 7.63. The predicted molar refractivity (Wildman–Crippen MR) is 49.2 cm³/mol. The summed E-state index contributed by atoms with van der Waals surface area (Å²) in [7, 11) is 0. The zero-order chi connectivity index (χ0) is 8.81. The number of hydrogen-bond acceptors (Lipinski definition) is 3. The van der Waals surface area contributed by atoms with Gasteiger partial charge in [0.1, 0.15) is 0 Å². The molecule has 1 N–H and O–H groups in total. The third-order valence-electron chi connectivity index (χ3n) is 2.11. The maximum Gasteiger partial charge on any atom is 0.172 e. The first kappa shape index (κ1) is 9.23. The van der Waals surface area contributed by atoms with E-state index in [-0.39, 0.29) is 5.78 Å². The van der Waals surface area contributed by atoms with E-state index in [0.29, 0.717) is 6.04 Å². The standard InChI is InChI=1S/C9H16N2O/c1-8(12)7-10-11-9-5-3-2-4-6-9/h7,9,11H,2-6H2,1H3. The van der Waals surface area contributed by atoms with Crippen LogP contribution in [-0.2, 0) is 4.79 Å². The maximum absolute atomic E-state index is 10.5. The van der Waals surface area contributed by atoms with Gasteiger partial charge in [0.2, 0.25) is 0 Å². The van der Waals surface area contributed by atoms with Crippen molar-refractivity contribution in [1.29, 1.82) is 0 Å². The average Bonchev–Trinajstić information content (AvgIpc) is 2.05. The fraction of sp³-hybridized carbons (Fsp3) is 0.778. The second-order valence-electron chi connectivity index (χ2n) is 3.33. The van der Waals surface area contributed by atoms with E-state index in [1.54, 1.807) is 0 Å². The van der Waals surface area contributed by atoms with Crippen LogP contribution in [0.5, 0.6) is 0 Å². The number of nitrogens with one attached hydrogen (secondary N) is 1. The Morgan fingerprint density at radius 3 is 2.67 bits per heavy atom. The van der Waals surface area contributed by atoms with Crippen molar-refractivity contribution in [2.45, 2.75) is 45.1 Å². The lowest BCUT2D eigenvalue weighted by molar-refractivity contribution is -0.110. The first-order chi connectivity index (χ1) is 5.79. The molecule has 0 aliphatic heterocycles. The van der Waals surface area contributed by atoms with Crippen LogP contribution in [0.25, 0.3) is 0 Å². The monoisotopic (exact) mass is 168 g/mol.